The Balaban J connectivity index is 1.76. The molecule has 1 aliphatic heterocycles. The van der Waals surface area contributed by atoms with Gasteiger partial charge in [0.05, 0.1) is 5.92 Å². The third-order valence-electron chi connectivity index (χ3n) is 5.74. The molecule has 1 amide bonds. The first-order chi connectivity index (χ1) is 15.4. The van der Waals surface area contributed by atoms with Crippen LogP contribution in [0.4, 0.5) is 10.1 Å². The maximum absolute atomic E-state index is 13.2. The van der Waals surface area contributed by atoms with Crippen LogP contribution < -0.4 is 4.90 Å². The quantitative estimate of drug-likeness (QED) is 0.309. The van der Waals surface area contributed by atoms with E-state index < -0.39 is 29.6 Å². The van der Waals surface area contributed by atoms with E-state index in [4.69, 9.17) is 16.3 Å². The lowest BCUT2D eigenvalue weighted by molar-refractivity contribution is -0.151. The summed E-state index contributed by atoms with van der Waals surface area (Å²) in [6.07, 6.45) is 0.618. The number of carbonyl (C=O) groups is 3. The Morgan fingerprint density at radius 3 is 2.31 bits per heavy atom. The summed E-state index contributed by atoms with van der Waals surface area (Å²) in [6.45, 7) is 4.27. The van der Waals surface area contributed by atoms with Crippen LogP contribution in [0.1, 0.15) is 48.2 Å². The number of halogens is 2. The molecule has 1 fully saturated rings. The number of alkyl halides is 1. The molecule has 1 saturated heterocycles. The summed E-state index contributed by atoms with van der Waals surface area (Å²) >= 11 is 5.82. The molecule has 2 aromatic carbocycles. The van der Waals surface area contributed by atoms with Crippen molar-refractivity contribution in [3.63, 3.8) is 0 Å². The number of esters is 1. The Morgan fingerprint density at radius 2 is 1.75 bits per heavy atom. The van der Waals surface area contributed by atoms with Crippen LogP contribution in [0.15, 0.2) is 42.5 Å². The Morgan fingerprint density at radius 1 is 1.12 bits per heavy atom. The molecule has 0 N–H and O–H groups in total. The van der Waals surface area contributed by atoms with E-state index in [1.165, 1.54) is 24.3 Å². The highest BCUT2D eigenvalue weighted by Crippen LogP contribution is 2.33. The summed E-state index contributed by atoms with van der Waals surface area (Å²) in [5.74, 6) is -2.19. The highest BCUT2D eigenvalue weighted by Gasteiger charge is 2.39. The second kappa shape index (κ2) is 10.7. The Bertz CT molecular complexity index is 970. The van der Waals surface area contributed by atoms with Gasteiger partial charge in [-0.05, 0) is 48.2 Å². The minimum atomic E-state index is -1.08. The van der Waals surface area contributed by atoms with Gasteiger partial charge < -0.3 is 9.64 Å². The van der Waals surface area contributed by atoms with Crippen molar-refractivity contribution in [1.29, 1.82) is 0 Å². The molecule has 0 radical (unpaired) electrons. The SMILES string of the molecule is CCc1cccc(CC)c1N1C[C@@H](C(=O)O[C@H](CCCl)C(=O)c2ccc(F)cc2)CC1=O. The highest BCUT2D eigenvalue weighted by atomic mass is 35.5. The number of ketones is 1. The van der Waals surface area contributed by atoms with E-state index in [1.54, 1.807) is 4.90 Å². The third-order valence-corrected chi connectivity index (χ3v) is 5.96. The molecule has 0 bridgehead atoms. The minimum absolute atomic E-state index is 0.0262. The number of aryl methyl sites for hydroxylation is 2. The molecular formula is C25H27ClFNO4. The second-order valence-electron chi connectivity index (χ2n) is 7.81. The Labute approximate surface area is 192 Å². The van der Waals surface area contributed by atoms with Crippen molar-refractivity contribution in [3.05, 3.63) is 65.0 Å². The standard InChI is InChI=1S/C25H27ClFNO4/c1-3-16-6-5-7-17(4-2)23(16)28-15-19(14-22(28)29)25(31)32-21(12-13-26)24(30)18-8-10-20(27)11-9-18/h5-11,19,21H,3-4,12-15H2,1-2H3/t19-,21+/m0/s1. The van der Waals surface area contributed by atoms with Gasteiger partial charge in [-0.25, -0.2) is 4.39 Å². The molecule has 0 aromatic heterocycles. The minimum Gasteiger partial charge on any atom is -0.454 e. The summed E-state index contributed by atoms with van der Waals surface area (Å²) in [6, 6.07) is 11.0. The number of carbonyl (C=O) groups excluding carboxylic acids is 3. The van der Waals surface area contributed by atoms with Gasteiger partial charge in [0.25, 0.3) is 0 Å². The molecule has 2 aromatic rings. The van der Waals surface area contributed by atoms with E-state index in [0.29, 0.717) is 0 Å². The van der Waals surface area contributed by atoms with Gasteiger partial charge >= 0.3 is 5.97 Å². The van der Waals surface area contributed by atoms with Crippen molar-refractivity contribution in [1.82, 2.24) is 0 Å². The van der Waals surface area contributed by atoms with E-state index >= 15 is 0 Å². The topological polar surface area (TPSA) is 63.7 Å². The molecule has 0 aliphatic carbocycles. The number of rotatable bonds is 9. The van der Waals surface area contributed by atoms with E-state index in [0.717, 1.165) is 29.7 Å². The van der Waals surface area contributed by atoms with Crippen LogP contribution in [0.25, 0.3) is 0 Å². The molecule has 7 heteroatoms. The van der Waals surface area contributed by atoms with Crippen molar-refractivity contribution in [3.8, 4) is 0 Å². The van der Waals surface area contributed by atoms with E-state index in [1.807, 2.05) is 32.0 Å². The molecule has 170 valence electrons. The molecule has 1 heterocycles. The number of Topliss-reactive ketones (excluding diaryl/α,β-unsaturated/α-hetero) is 1. The number of anilines is 1. The van der Waals surface area contributed by atoms with Crippen LogP contribution in [-0.2, 0) is 27.2 Å². The average Bonchev–Trinajstić information content (AvgIpc) is 3.19. The van der Waals surface area contributed by atoms with Crippen LogP contribution in [0, 0.1) is 11.7 Å². The second-order valence-corrected chi connectivity index (χ2v) is 8.19. The first kappa shape index (κ1) is 23.9. The largest absolute Gasteiger partial charge is 0.454 e. The van der Waals surface area contributed by atoms with Crippen LogP contribution in [-0.4, -0.2) is 36.2 Å². The number of amides is 1. The van der Waals surface area contributed by atoms with Gasteiger partial charge in [-0.1, -0.05) is 32.0 Å². The summed E-state index contributed by atoms with van der Waals surface area (Å²) in [7, 11) is 0. The lowest BCUT2D eigenvalue weighted by Crippen LogP contribution is -2.33. The molecule has 1 aliphatic rings. The predicted molar refractivity (Wildman–Crippen MR) is 122 cm³/mol. The zero-order valence-electron chi connectivity index (χ0n) is 18.3. The number of para-hydroxylation sites is 1. The fourth-order valence-corrected chi connectivity index (χ4v) is 4.22. The first-order valence-electron chi connectivity index (χ1n) is 10.9. The van der Waals surface area contributed by atoms with Gasteiger partial charge in [-0.15, -0.1) is 11.6 Å². The van der Waals surface area contributed by atoms with E-state index in [2.05, 4.69) is 0 Å². The molecule has 2 atom stereocenters. The molecule has 5 nitrogen and oxygen atoms in total. The number of benzene rings is 2. The van der Waals surface area contributed by atoms with Crippen molar-refractivity contribution >= 4 is 34.9 Å². The van der Waals surface area contributed by atoms with Gasteiger partial charge in [0.15, 0.2) is 6.10 Å². The summed E-state index contributed by atoms with van der Waals surface area (Å²) in [4.78, 5) is 40.2. The smallest absolute Gasteiger partial charge is 0.312 e. The maximum atomic E-state index is 13.2. The summed E-state index contributed by atoms with van der Waals surface area (Å²) < 4.78 is 18.7. The van der Waals surface area contributed by atoms with Crippen molar-refractivity contribution in [2.45, 2.75) is 45.6 Å². The van der Waals surface area contributed by atoms with Crippen LogP contribution in [0.3, 0.4) is 0 Å². The Hall–Kier alpha value is -2.73. The third kappa shape index (κ3) is 5.18. The zero-order valence-corrected chi connectivity index (χ0v) is 19.0. The zero-order chi connectivity index (χ0) is 23.3. The molecular weight excluding hydrogens is 433 g/mol. The monoisotopic (exact) mass is 459 g/mol. The summed E-state index contributed by atoms with van der Waals surface area (Å²) in [5.41, 5.74) is 3.22. The normalized spacial score (nSPS) is 16.8. The molecule has 0 spiro atoms. The number of ether oxygens (including phenoxy) is 1. The maximum Gasteiger partial charge on any atom is 0.312 e. The van der Waals surface area contributed by atoms with Gasteiger partial charge in [-0.3, -0.25) is 14.4 Å². The fourth-order valence-electron chi connectivity index (χ4n) is 4.02. The number of nitrogens with zero attached hydrogens (tertiary/aromatic N) is 1. The summed E-state index contributed by atoms with van der Waals surface area (Å²) in [5, 5.41) is 0. The van der Waals surface area contributed by atoms with Crippen molar-refractivity contribution in [2.75, 3.05) is 17.3 Å². The molecule has 3 rings (SSSR count). The predicted octanol–water partition coefficient (Wildman–Crippen LogP) is 4.73. The van der Waals surface area contributed by atoms with Crippen molar-refractivity contribution < 1.29 is 23.5 Å². The highest BCUT2D eigenvalue weighted by molar-refractivity contribution is 6.18. The first-order valence-corrected chi connectivity index (χ1v) is 11.4. The van der Waals surface area contributed by atoms with Crippen LogP contribution in [0.5, 0.6) is 0 Å². The van der Waals surface area contributed by atoms with Gasteiger partial charge in [0.1, 0.15) is 5.82 Å². The number of hydrogen-bond acceptors (Lipinski definition) is 4. The van der Waals surface area contributed by atoms with Crippen LogP contribution >= 0.6 is 11.6 Å². The molecule has 0 unspecified atom stereocenters. The van der Waals surface area contributed by atoms with Crippen molar-refractivity contribution in [2.24, 2.45) is 5.92 Å². The van der Waals surface area contributed by atoms with Gasteiger partial charge in [-0.2, -0.15) is 0 Å². The lowest BCUT2D eigenvalue weighted by Gasteiger charge is -2.23. The van der Waals surface area contributed by atoms with Gasteiger partial charge in [0.2, 0.25) is 11.7 Å². The average molecular weight is 460 g/mol. The van der Waals surface area contributed by atoms with E-state index in [9.17, 15) is 18.8 Å². The van der Waals surface area contributed by atoms with E-state index in [-0.39, 0.29) is 36.7 Å². The number of hydrogen-bond donors (Lipinski definition) is 0. The Kier molecular flexibility index (Phi) is 8.02. The molecule has 32 heavy (non-hydrogen) atoms. The van der Waals surface area contributed by atoms with Gasteiger partial charge in [0, 0.05) is 36.5 Å². The fraction of sp³-hybridized carbons (Fsp3) is 0.400. The van der Waals surface area contributed by atoms with Crippen LogP contribution in [0.2, 0.25) is 0 Å². The lowest BCUT2D eigenvalue weighted by atomic mass is 10.0. The molecule has 0 saturated carbocycles.